The van der Waals surface area contributed by atoms with Gasteiger partial charge in [-0.2, -0.15) is 0 Å². The third kappa shape index (κ3) is 4.76. The number of nitrogens with one attached hydrogen (secondary N) is 1. The molecule has 1 amide bonds. The van der Waals surface area contributed by atoms with Gasteiger partial charge in [-0.1, -0.05) is 47.6 Å². The van der Waals surface area contributed by atoms with Crippen molar-refractivity contribution >= 4 is 35.7 Å². The number of pyridine rings is 1. The van der Waals surface area contributed by atoms with Crippen LogP contribution >= 0.6 is 23.4 Å². The van der Waals surface area contributed by atoms with Gasteiger partial charge in [0, 0.05) is 24.2 Å². The van der Waals surface area contributed by atoms with Gasteiger partial charge in [0.15, 0.2) is 0 Å². The molecule has 0 unspecified atom stereocenters. The van der Waals surface area contributed by atoms with Gasteiger partial charge in [0.25, 0.3) is 0 Å². The van der Waals surface area contributed by atoms with Crippen LogP contribution in [0.25, 0.3) is 11.1 Å². The van der Waals surface area contributed by atoms with Crippen molar-refractivity contribution in [3.63, 3.8) is 0 Å². The van der Waals surface area contributed by atoms with Crippen LogP contribution in [-0.2, 0) is 17.9 Å². The molecule has 0 fully saturated rings. The predicted octanol–water partition coefficient (Wildman–Crippen LogP) is 3.96. The Morgan fingerprint density at radius 1 is 1.21 bits per heavy atom. The smallest absolute Gasteiger partial charge is 0.335 e. The molecule has 29 heavy (non-hydrogen) atoms. The van der Waals surface area contributed by atoms with Crippen molar-refractivity contribution in [1.82, 2.24) is 10.3 Å². The number of rotatable bonds is 8. The van der Waals surface area contributed by atoms with E-state index in [1.807, 2.05) is 18.2 Å². The van der Waals surface area contributed by atoms with Crippen molar-refractivity contribution in [1.29, 1.82) is 0 Å². The van der Waals surface area contributed by atoms with Crippen LogP contribution in [-0.4, -0.2) is 22.5 Å². The molecule has 148 valence electrons. The Balaban J connectivity index is 2.11. The number of nitrogens with zero attached hydrogens (tertiary/aromatic N) is 1. The molecule has 3 aromatic rings. The Hall–Kier alpha value is -2.87. The minimum Gasteiger partial charge on any atom is -0.478 e. The number of benzene rings is 2. The number of aromatic nitrogens is 1. The summed E-state index contributed by atoms with van der Waals surface area (Å²) in [5.41, 5.74) is 9.38. The van der Waals surface area contributed by atoms with Crippen molar-refractivity contribution < 1.29 is 14.7 Å². The number of carboxylic acid groups (broad SMARTS) is 1. The third-order valence-corrected chi connectivity index (χ3v) is 5.94. The number of aromatic carboxylic acids is 1. The molecular formula is C21H18ClN3O3S. The van der Waals surface area contributed by atoms with Crippen molar-refractivity contribution in [2.45, 2.75) is 23.0 Å². The Labute approximate surface area is 177 Å². The second-order valence-electron chi connectivity index (χ2n) is 6.06. The number of amides is 1. The topological polar surface area (TPSA) is 105 Å². The molecule has 0 radical (unpaired) electrons. The van der Waals surface area contributed by atoms with E-state index < -0.39 is 5.97 Å². The van der Waals surface area contributed by atoms with Gasteiger partial charge in [0.05, 0.1) is 10.6 Å². The predicted molar refractivity (Wildman–Crippen MR) is 113 cm³/mol. The summed E-state index contributed by atoms with van der Waals surface area (Å²) in [7, 11) is 0. The van der Waals surface area contributed by atoms with E-state index in [1.165, 1.54) is 11.8 Å². The fourth-order valence-electron chi connectivity index (χ4n) is 2.86. The van der Waals surface area contributed by atoms with E-state index >= 15 is 0 Å². The van der Waals surface area contributed by atoms with Crippen LogP contribution in [0.15, 0.2) is 64.6 Å². The molecule has 6 nitrogen and oxygen atoms in total. The second-order valence-corrected chi connectivity index (χ2v) is 7.46. The largest absolute Gasteiger partial charge is 0.478 e. The van der Waals surface area contributed by atoms with Crippen LogP contribution in [0.2, 0.25) is 5.02 Å². The normalized spacial score (nSPS) is 10.6. The summed E-state index contributed by atoms with van der Waals surface area (Å²) in [6, 6.07) is 13.9. The number of hydrogen-bond donors (Lipinski definition) is 3. The molecule has 1 heterocycles. The van der Waals surface area contributed by atoms with Crippen molar-refractivity contribution in [2.75, 3.05) is 0 Å². The molecular weight excluding hydrogens is 410 g/mol. The summed E-state index contributed by atoms with van der Waals surface area (Å²) >= 11 is 7.89. The lowest BCUT2D eigenvalue weighted by Crippen LogP contribution is -2.12. The number of halogens is 1. The fourth-order valence-corrected chi connectivity index (χ4v) is 4.21. The Bertz CT molecular complexity index is 1040. The van der Waals surface area contributed by atoms with E-state index in [4.69, 9.17) is 22.4 Å². The first-order valence-corrected chi connectivity index (χ1v) is 9.88. The zero-order chi connectivity index (χ0) is 20.8. The summed E-state index contributed by atoms with van der Waals surface area (Å²) in [4.78, 5) is 27.3. The van der Waals surface area contributed by atoms with Crippen molar-refractivity contribution in [3.05, 3.63) is 76.4 Å². The Kier molecular flexibility index (Phi) is 6.87. The minimum absolute atomic E-state index is 0.200. The number of carbonyl (C=O) groups excluding carboxylic acids is 1. The third-order valence-electron chi connectivity index (χ3n) is 4.29. The van der Waals surface area contributed by atoms with Crippen molar-refractivity contribution in [2.24, 2.45) is 5.73 Å². The summed E-state index contributed by atoms with van der Waals surface area (Å²) < 4.78 is 0. The second kappa shape index (κ2) is 9.56. The maximum absolute atomic E-state index is 11.1. The van der Waals surface area contributed by atoms with E-state index in [9.17, 15) is 9.59 Å². The molecule has 0 spiro atoms. The van der Waals surface area contributed by atoms with Crippen LogP contribution < -0.4 is 11.1 Å². The number of nitrogens with two attached hydrogens (primary N) is 1. The standard InChI is InChI=1S/C21H18ClN3O3S/c22-18-8-7-16(13-3-5-14(6-4-13)21(27)28)17(11-24-12-26)19(18)29-20-15(10-23)2-1-9-25-20/h1-9,12H,10-11,23H2,(H,24,26)(H,27,28). The highest BCUT2D eigenvalue weighted by molar-refractivity contribution is 7.99. The summed E-state index contributed by atoms with van der Waals surface area (Å²) in [5, 5.41) is 13.1. The van der Waals surface area contributed by atoms with E-state index in [0.29, 0.717) is 18.0 Å². The van der Waals surface area contributed by atoms with Gasteiger partial charge in [0.1, 0.15) is 5.03 Å². The number of hydrogen-bond acceptors (Lipinski definition) is 5. The van der Waals surface area contributed by atoms with E-state index in [-0.39, 0.29) is 12.1 Å². The van der Waals surface area contributed by atoms with Gasteiger partial charge in [0.2, 0.25) is 6.41 Å². The summed E-state index contributed by atoms with van der Waals surface area (Å²) in [5.74, 6) is -0.990. The zero-order valence-electron chi connectivity index (χ0n) is 15.3. The van der Waals surface area contributed by atoms with Gasteiger partial charge in [-0.25, -0.2) is 9.78 Å². The maximum Gasteiger partial charge on any atom is 0.335 e. The zero-order valence-corrected chi connectivity index (χ0v) is 16.8. The Morgan fingerprint density at radius 2 is 1.97 bits per heavy atom. The average molecular weight is 428 g/mol. The van der Waals surface area contributed by atoms with E-state index in [0.717, 1.165) is 32.2 Å². The monoisotopic (exact) mass is 427 g/mol. The SMILES string of the molecule is NCc1cccnc1Sc1c(Cl)ccc(-c2ccc(C(=O)O)cc2)c1CNC=O. The van der Waals surface area contributed by atoms with Gasteiger partial charge in [-0.05, 0) is 46.5 Å². The minimum atomic E-state index is -0.990. The first kappa shape index (κ1) is 20.9. The number of carbonyl (C=O) groups is 2. The molecule has 0 atom stereocenters. The molecule has 1 aromatic heterocycles. The highest BCUT2D eigenvalue weighted by Crippen LogP contribution is 2.41. The summed E-state index contributed by atoms with van der Waals surface area (Å²) in [6.45, 7) is 0.596. The maximum atomic E-state index is 11.1. The van der Waals surface area contributed by atoms with E-state index in [1.54, 1.807) is 36.5 Å². The number of carboxylic acids is 1. The van der Waals surface area contributed by atoms with Crippen LogP contribution in [0, 0.1) is 0 Å². The van der Waals surface area contributed by atoms with Crippen LogP contribution in [0.1, 0.15) is 21.5 Å². The van der Waals surface area contributed by atoms with Crippen LogP contribution in [0.4, 0.5) is 0 Å². The quantitative estimate of drug-likeness (QED) is 0.470. The first-order chi connectivity index (χ1) is 14.0. The lowest BCUT2D eigenvalue weighted by molar-refractivity contribution is -0.109. The van der Waals surface area contributed by atoms with Crippen LogP contribution in [0.5, 0.6) is 0 Å². The highest BCUT2D eigenvalue weighted by Gasteiger charge is 2.17. The molecule has 4 N–H and O–H groups in total. The van der Waals surface area contributed by atoms with Gasteiger partial charge >= 0.3 is 5.97 Å². The highest BCUT2D eigenvalue weighted by atomic mass is 35.5. The lowest BCUT2D eigenvalue weighted by Gasteiger charge is -2.17. The fraction of sp³-hybridized carbons (Fsp3) is 0.0952. The lowest BCUT2D eigenvalue weighted by atomic mass is 9.98. The van der Waals surface area contributed by atoms with Gasteiger partial charge < -0.3 is 16.2 Å². The summed E-state index contributed by atoms with van der Waals surface area (Å²) in [6.07, 6.45) is 2.31. The molecule has 3 rings (SSSR count). The molecule has 2 aromatic carbocycles. The van der Waals surface area contributed by atoms with Gasteiger partial charge in [-0.15, -0.1) is 0 Å². The van der Waals surface area contributed by atoms with E-state index in [2.05, 4.69) is 10.3 Å². The van der Waals surface area contributed by atoms with Gasteiger partial charge in [-0.3, -0.25) is 4.79 Å². The molecule has 0 saturated carbocycles. The molecule has 8 heteroatoms. The first-order valence-electron chi connectivity index (χ1n) is 8.69. The average Bonchev–Trinajstić information content (AvgIpc) is 2.74. The molecule has 0 saturated heterocycles. The van der Waals surface area contributed by atoms with Crippen LogP contribution in [0.3, 0.4) is 0 Å². The Morgan fingerprint density at radius 3 is 2.62 bits per heavy atom. The molecule has 0 bridgehead atoms. The molecule has 0 aliphatic heterocycles. The van der Waals surface area contributed by atoms with Crippen molar-refractivity contribution in [3.8, 4) is 11.1 Å². The molecule has 0 aliphatic carbocycles. The molecule has 0 aliphatic rings.